The van der Waals surface area contributed by atoms with Crippen LogP contribution in [-0.4, -0.2) is 18.2 Å². The van der Waals surface area contributed by atoms with Gasteiger partial charge in [-0.1, -0.05) is 274 Å². The number of hydrogen-bond donors (Lipinski definition) is 0. The number of aryl methyl sites for hydroxylation is 3. The maximum Gasteiger partial charge on any atom is 0.152 e. The summed E-state index contributed by atoms with van der Waals surface area (Å²) in [4.78, 5) is 7.61. The molecule has 1 aliphatic heterocycles. The Kier molecular flexibility index (Phi) is 19.3. The fourth-order valence-electron chi connectivity index (χ4n) is 17.5. The molecule has 0 amide bonds. The van der Waals surface area contributed by atoms with Crippen molar-refractivity contribution in [3.8, 4) is 89.9 Å². The molecule has 4 aliphatic rings. The lowest BCUT2D eigenvalue weighted by molar-refractivity contribution is 0.304. The first-order valence-corrected chi connectivity index (χ1v) is 38.8. The molecule has 0 radical (unpaired) electrons. The van der Waals surface area contributed by atoms with Crippen LogP contribution < -0.4 is 19.1 Å². The number of ether oxygens (including phenoxy) is 3. The van der Waals surface area contributed by atoms with Gasteiger partial charge in [0.2, 0.25) is 0 Å². The van der Waals surface area contributed by atoms with Gasteiger partial charge < -0.3 is 19.1 Å². The van der Waals surface area contributed by atoms with E-state index in [0.717, 1.165) is 94.9 Å². The zero-order valence-electron chi connectivity index (χ0n) is 60.9. The topological polar surface area (TPSA) is 43.8 Å². The molecule has 103 heavy (non-hydrogen) atoms. The van der Waals surface area contributed by atoms with E-state index in [9.17, 15) is 0 Å². The van der Waals surface area contributed by atoms with Crippen LogP contribution >= 0.6 is 0 Å². The van der Waals surface area contributed by atoms with E-state index in [1.807, 2.05) is 6.20 Å². The predicted molar refractivity (Wildman–Crippen MR) is 429 cm³/mol. The second-order valence-electron chi connectivity index (χ2n) is 29.6. The molecule has 3 aliphatic carbocycles. The van der Waals surface area contributed by atoms with Crippen LogP contribution in [0.15, 0.2) is 249 Å². The maximum absolute atomic E-state index is 7.03. The summed E-state index contributed by atoms with van der Waals surface area (Å²) in [5.74, 6) is 3.49. The van der Waals surface area contributed by atoms with Gasteiger partial charge in [-0.25, -0.2) is 0 Å². The zero-order chi connectivity index (χ0) is 69.9. The van der Waals surface area contributed by atoms with Crippen LogP contribution in [-0.2, 0) is 17.3 Å². The molecular weight excluding hydrogens is 1250 g/mol. The molecule has 1 aromatic heterocycles. The number of rotatable bonds is 28. The standard InChI is InChI=1S/C98H96N2O3/c1-6-9-12-15-18-23-59-101-79-48-42-76(43-49-79)97(77-44-50-80(51-45-77)102-60-24-19-16-13-10-7-2)88-61-67(4)30-52-81(88)82-53-38-72(63-89(82)97)73-39-54-83-84-55-40-74(65-91(84)98(90(83)64-73)86-28-22-21-27-85(86)96-87(98)29-25-58-99-96)75-41-57-93-95(66-75)103-94-62-68(5)31-56-92(94)100(93)78-46-36-71(37-47-78)70-34-32-69(33-35-70)26-20-17-14-11-8-3/h21-22,25,27-58,61-66H,6-20,23-24,26,59-60H2,1-5H3. The molecule has 5 heteroatoms. The third-order valence-corrected chi connectivity index (χ3v) is 22.8. The van der Waals surface area contributed by atoms with Crippen LogP contribution in [0.3, 0.4) is 0 Å². The monoisotopic (exact) mass is 1350 g/mol. The highest BCUT2D eigenvalue weighted by Gasteiger charge is 2.53. The van der Waals surface area contributed by atoms with Gasteiger partial charge in [-0.05, 0) is 236 Å². The number of aromatic nitrogens is 1. The molecule has 1 unspecified atom stereocenters. The molecule has 516 valence electrons. The molecule has 11 aromatic carbocycles. The number of anilines is 3. The van der Waals surface area contributed by atoms with Crippen LogP contribution in [0.25, 0.3) is 66.9 Å². The normalized spacial score (nSPS) is 14.4. The molecule has 1 spiro atoms. The van der Waals surface area contributed by atoms with Gasteiger partial charge in [0.05, 0.1) is 41.1 Å². The van der Waals surface area contributed by atoms with Crippen molar-refractivity contribution in [2.24, 2.45) is 0 Å². The predicted octanol–water partition coefficient (Wildman–Crippen LogP) is 27.0. The molecule has 0 N–H and O–H groups in total. The van der Waals surface area contributed by atoms with Gasteiger partial charge in [-0.15, -0.1) is 0 Å². The van der Waals surface area contributed by atoms with E-state index in [0.29, 0.717) is 0 Å². The summed E-state index contributed by atoms with van der Waals surface area (Å²) in [7, 11) is 0. The summed E-state index contributed by atoms with van der Waals surface area (Å²) >= 11 is 0. The molecular formula is C98H96N2O3. The molecule has 5 nitrogen and oxygen atoms in total. The van der Waals surface area contributed by atoms with Crippen LogP contribution in [0.2, 0.25) is 0 Å². The van der Waals surface area contributed by atoms with E-state index in [1.54, 1.807) is 0 Å². The SMILES string of the molecule is CCCCCCCCOc1ccc(C2(c3ccc(OCCCCCCCC)cc3)c3cc(C)ccc3-c3ccc(-c4ccc5c(c4)C4(c6cc(-c7ccc8c(c7)Oc7cc(C)ccc7N8c7ccc(-c8ccc(CCCCCCC)cc8)cc7)ccc6-5)c5ccccc5-c5ncccc54)cc32)cc1. The lowest BCUT2D eigenvalue weighted by Crippen LogP contribution is -2.28. The van der Waals surface area contributed by atoms with Crippen molar-refractivity contribution in [3.63, 3.8) is 0 Å². The average Bonchev–Trinajstić information content (AvgIpc) is 1.51. The Bertz CT molecular complexity index is 4920. The van der Waals surface area contributed by atoms with Crippen molar-refractivity contribution < 1.29 is 14.2 Å². The Morgan fingerprint density at radius 3 is 1.36 bits per heavy atom. The van der Waals surface area contributed by atoms with Gasteiger partial charge >= 0.3 is 0 Å². The highest BCUT2D eigenvalue weighted by Crippen LogP contribution is 2.64. The summed E-state index contributed by atoms with van der Waals surface area (Å²) in [6.45, 7) is 12.7. The van der Waals surface area contributed by atoms with E-state index in [1.165, 1.54) is 202 Å². The van der Waals surface area contributed by atoms with Crippen molar-refractivity contribution in [2.75, 3.05) is 18.1 Å². The molecule has 1 atom stereocenters. The van der Waals surface area contributed by atoms with E-state index in [2.05, 4.69) is 282 Å². The molecule has 0 saturated heterocycles. The van der Waals surface area contributed by atoms with Crippen molar-refractivity contribution >= 4 is 17.1 Å². The molecule has 0 bridgehead atoms. The minimum Gasteiger partial charge on any atom is -0.494 e. The van der Waals surface area contributed by atoms with Crippen LogP contribution in [0.4, 0.5) is 17.1 Å². The number of unbranched alkanes of at least 4 members (excludes halogenated alkanes) is 14. The van der Waals surface area contributed by atoms with Crippen LogP contribution in [0, 0.1) is 13.8 Å². The van der Waals surface area contributed by atoms with Crippen molar-refractivity contribution in [1.29, 1.82) is 0 Å². The summed E-state index contributed by atoms with van der Waals surface area (Å²) < 4.78 is 20.1. The van der Waals surface area contributed by atoms with E-state index < -0.39 is 10.8 Å². The summed E-state index contributed by atoms with van der Waals surface area (Å²) in [6, 6.07) is 92.1. The molecule has 16 rings (SSSR count). The third-order valence-electron chi connectivity index (χ3n) is 22.8. The fourth-order valence-corrected chi connectivity index (χ4v) is 17.5. The van der Waals surface area contributed by atoms with Gasteiger partial charge in [0.15, 0.2) is 11.5 Å². The molecule has 0 saturated carbocycles. The van der Waals surface area contributed by atoms with Gasteiger partial charge in [-0.2, -0.15) is 0 Å². The largest absolute Gasteiger partial charge is 0.494 e. The van der Waals surface area contributed by atoms with Crippen molar-refractivity contribution in [1.82, 2.24) is 4.98 Å². The third kappa shape index (κ3) is 12.5. The Labute approximate surface area is 611 Å². The van der Waals surface area contributed by atoms with Crippen LogP contribution in [0.1, 0.15) is 191 Å². The second kappa shape index (κ2) is 29.6. The molecule has 2 heterocycles. The first-order chi connectivity index (χ1) is 50.8. The van der Waals surface area contributed by atoms with Gasteiger partial charge in [-0.3, -0.25) is 4.98 Å². The minimum atomic E-state index is -0.664. The van der Waals surface area contributed by atoms with Gasteiger partial charge in [0, 0.05) is 17.4 Å². The first-order valence-electron chi connectivity index (χ1n) is 38.8. The highest BCUT2D eigenvalue weighted by atomic mass is 16.5. The van der Waals surface area contributed by atoms with Crippen molar-refractivity contribution in [3.05, 3.63) is 310 Å². The Morgan fingerprint density at radius 2 is 0.777 bits per heavy atom. The number of pyridine rings is 1. The van der Waals surface area contributed by atoms with E-state index >= 15 is 0 Å². The van der Waals surface area contributed by atoms with E-state index in [4.69, 9.17) is 19.2 Å². The fraction of sp³-hybridized carbons (Fsp3) is 0.276. The average molecular weight is 1350 g/mol. The number of benzene rings is 11. The van der Waals surface area contributed by atoms with E-state index in [-0.39, 0.29) is 0 Å². The zero-order valence-corrected chi connectivity index (χ0v) is 60.9. The summed E-state index contributed by atoms with van der Waals surface area (Å²) in [6.07, 6.45) is 24.3. The number of fused-ring (bicyclic) bond motifs is 15. The molecule has 0 fully saturated rings. The second-order valence-corrected chi connectivity index (χ2v) is 29.6. The smallest absolute Gasteiger partial charge is 0.152 e. The summed E-state index contributed by atoms with van der Waals surface area (Å²) in [5, 5.41) is 0. The first kappa shape index (κ1) is 67.3. The summed E-state index contributed by atoms with van der Waals surface area (Å²) in [5.41, 5.74) is 29.7. The van der Waals surface area contributed by atoms with Gasteiger partial charge in [0.25, 0.3) is 0 Å². The Hall–Kier alpha value is -10.2. The van der Waals surface area contributed by atoms with Crippen molar-refractivity contribution in [2.45, 2.75) is 161 Å². The minimum absolute atomic E-state index is 0.657. The molecule has 12 aromatic rings. The highest BCUT2D eigenvalue weighted by molar-refractivity contribution is 5.98. The van der Waals surface area contributed by atoms with Crippen LogP contribution in [0.5, 0.6) is 23.0 Å². The quantitative estimate of drug-likeness (QED) is 0.0457. The lowest BCUT2D eigenvalue weighted by Gasteiger charge is -2.34. The number of nitrogens with zero attached hydrogens (tertiary/aromatic N) is 2. The Morgan fingerprint density at radius 1 is 0.340 bits per heavy atom. The maximum atomic E-state index is 7.03. The lowest BCUT2D eigenvalue weighted by atomic mass is 9.67. The van der Waals surface area contributed by atoms with Gasteiger partial charge in [0.1, 0.15) is 11.5 Å². The Balaban J connectivity index is 0.769. The number of hydrogen-bond acceptors (Lipinski definition) is 5.